The lowest BCUT2D eigenvalue weighted by Crippen LogP contribution is -2.46. The molecule has 0 aliphatic carbocycles. The normalized spacial score (nSPS) is 15.6. The highest BCUT2D eigenvalue weighted by Gasteiger charge is 2.38. The van der Waals surface area contributed by atoms with Gasteiger partial charge >= 0.3 is 6.18 Å². The predicted molar refractivity (Wildman–Crippen MR) is 119 cm³/mol. The highest BCUT2D eigenvalue weighted by molar-refractivity contribution is 9.10. The second-order valence-electron chi connectivity index (χ2n) is 7.77. The summed E-state index contributed by atoms with van der Waals surface area (Å²) in [6.45, 7) is 0.599. The van der Waals surface area contributed by atoms with Crippen molar-refractivity contribution in [2.75, 3.05) is 32.1 Å². The Hall–Kier alpha value is -2.11. The summed E-state index contributed by atoms with van der Waals surface area (Å²) in [5.41, 5.74) is 0.258. The quantitative estimate of drug-likeness (QED) is 0.627. The number of nitrogens with one attached hydrogen (secondary N) is 1. The molecule has 11 heteroatoms. The van der Waals surface area contributed by atoms with Gasteiger partial charge in [-0.1, -0.05) is 15.9 Å². The van der Waals surface area contributed by atoms with Crippen molar-refractivity contribution in [2.45, 2.75) is 30.0 Å². The van der Waals surface area contributed by atoms with E-state index in [9.17, 15) is 26.4 Å². The lowest BCUT2D eigenvalue weighted by Gasteiger charge is -2.32. The first-order valence-electron chi connectivity index (χ1n) is 9.84. The van der Waals surface area contributed by atoms with Gasteiger partial charge in [0, 0.05) is 49.0 Å². The standard InChI is InChI=1S/C21H23BrF3N3O3S/c1-27(2)17-6-3-14(4-7-17)20(29)28-11-9-16(10-12-28)26-32(30,31)19-8-5-15(22)13-18(19)21(23,24)25/h3-8,13,16,26H,9-12H2,1-2H3. The van der Waals surface area contributed by atoms with Crippen LogP contribution in [0.4, 0.5) is 18.9 Å². The van der Waals surface area contributed by atoms with E-state index < -0.39 is 32.7 Å². The molecule has 1 fully saturated rings. The lowest BCUT2D eigenvalue weighted by atomic mass is 10.0. The number of hydrogen-bond acceptors (Lipinski definition) is 4. The van der Waals surface area contributed by atoms with Crippen LogP contribution in [-0.4, -0.2) is 52.5 Å². The van der Waals surface area contributed by atoms with Gasteiger partial charge in [0.25, 0.3) is 5.91 Å². The summed E-state index contributed by atoms with van der Waals surface area (Å²) in [7, 11) is -0.597. The van der Waals surface area contributed by atoms with E-state index in [0.717, 1.165) is 17.8 Å². The van der Waals surface area contributed by atoms with E-state index in [1.807, 2.05) is 31.1 Å². The zero-order valence-electron chi connectivity index (χ0n) is 17.5. The van der Waals surface area contributed by atoms with Crippen LogP contribution < -0.4 is 9.62 Å². The number of amides is 1. The largest absolute Gasteiger partial charge is 0.417 e. The van der Waals surface area contributed by atoms with E-state index in [1.54, 1.807) is 17.0 Å². The van der Waals surface area contributed by atoms with Crippen LogP contribution in [0.1, 0.15) is 28.8 Å². The van der Waals surface area contributed by atoms with Crippen molar-refractivity contribution in [3.05, 3.63) is 58.1 Å². The van der Waals surface area contributed by atoms with Gasteiger partial charge in [-0.2, -0.15) is 13.2 Å². The fourth-order valence-corrected chi connectivity index (χ4v) is 5.40. The van der Waals surface area contributed by atoms with Crippen LogP contribution in [0.5, 0.6) is 0 Å². The summed E-state index contributed by atoms with van der Waals surface area (Å²) in [6.07, 6.45) is -4.21. The summed E-state index contributed by atoms with van der Waals surface area (Å²) in [5.74, 6) is -0.163. The van der Waals surface area contributed by atoms with E-state index in [-0.39, 0.29) is 10.4 Å². The van der Waals surface area contributed by atoms with Crippen molar-refractivity contribution in [1.82, 2.24) is 9.62 Å². The van der Waals surface area contributed by atoms with Crippen molar-refractivity contribution < 1.29 is 26.4 Å². The Morgan fingerprint density at radius 1 is 1.09 bits per heavy atom. The molecule has 32 heavy (non-hydrogen) atoms. The monoisotopic (exact) mass is 533 g/mol. The molecule has 0 spiro atoms. The summed E-state index contributed by atoms with van der Waals surface area (Å²) in [5, 5.41) is 0. The number of anilines is 1. The second-order valence-corrected chi connectivity index (χ2v) is 10.4. The van der Waals surface area contributed by atoms with Gasteiger partial charge in [0.05, 0.1) is 10.5 Å². The molecular weight excluding hydrogens is 511 g/mol. The van der Waals surface area contributed by atoms with Crippen LogP contribution in [0.25, 0.3) is 0 Å². The molecule has 1 heterocycles. The molecule has 0 radical (unpaired) electrons. The molecule has 1 amide bonds. The van der Waals surface area contributed by atoms with Gasteiger partial charge in [0.1, 0.15) is 0 Å². The van der Waals surface area contributed by atoms with Crippen LogP contribution in [0.3, 0.4) is 0 Å². The summed E-state index contributed by atoms with van der Waals surface area (Å²) in [6, 6.07) is 9.52. The number of nitrogens with zero attached hydrogens (tertiary/aromatic N) is 2. The summed E-state index contributed by atoms with van der Waals surface area (Å²) < 4.78 is 67.9. The maximum absolute atomic E-state index is 13.3. The third-order valence-corrected chi connectivity index (χ3v) is 7.34. The van der Waals surface area contributed by atoms with E-state index in [1.165, 1.54) is 6.07 Å². The van der Waals surface area contributed by atoms with Crippen LogP contribution in [0, 0.1) is 0 Å². The summed E-state index contributed by atoms with van der Waals surface area (Å²) in [4.78, 5) is 15.5. The van der Waals surface area contributed by atoms with E-state index in [2.05, 4.69) is 20.7 Å². The predicted octanol–water partition coefficient (Wildman–Crippen LogP) is 4.12. The number of halogens is 4. The Bertz CT molecular complexity index is 1080. The second kappa shape index (κ2) is 9.40. The number of benzene rings is 2. The summed E-state index contributed by atoms with van der Waals surface area (Å²) >= 11 is 2.95. The Morgan fingerprint density at radius 2 is 1.69 bits per heavy atom. The number of carbonyl (C=O) groups excluding carboxylic acids is 1. The Balaban J connectivity index is 1.66. The Morgan fingerprint density at radius 3 is 2.22 bits per heavy atom. The van der Waals surface area contributed by atoms with E-state index in [0.29, 0.717) is 31.5 Å². The highest BCUT2D eigenvalue weighted by Crippen LogP contribution is 2.36. The first-order chi connectivity index (χ1) is 14.9. The van der Waals surface area contributed by atoms with Crippen molar-refractivity contribution in [3.8, 4) is 0 Å². The number of piperidine rings is 1. The molecule has 1 aliphatic heterocycles. The maximum atomic E-state index is 13.3. The number of rotatable bonds is 5. The van der Waals surface area contributed by atoms with Gasteiger partial charge in [-0.05, 0) is 55.3 Å². The minimum Gasteiger partial charge on any atom is -0.378 e. The van der Waals surface area contributed by atoms with Crippen molar-refractivity contribution in [3.63, 3.8) is 0 Å². The fourth-order valence-electron chi connectivity index (χ4n) is 3.53. The van der Waals surface area contributed by atoms with Crippen molar-refractivity contribution in [1.29, 1.82) is 0 Å². The van der Waals surface area contributed by atoms with Crippen LogP contribution >= 0.6 is 15.9 Å². The van der Waals surface area contributed by atoms with Crippen LogP contribution in [0.15, 0.2) is 51.8 Å². The average Bonchev–Trinajstić information content (AvgIpc) is 2.72. The molecule has 0 atom stereocenters. The maximum Gasteiger partial charge on any atom is 0.417 e. The smallest absolute Gasteiger partial charge is 0.378 e. The number of carbonyl (C=O) groups is 1. The average molecular weight is 534 g/mol. The third-order valence-electron chi connectivity index (χ3n) is 5.27. The Kier molecular flexibility index (Phi) is 7.21. The van der Waals surface area contributed by atoms with Gasteiger partial charge in [0.2, 0.25) is 10.0 Å². The minimum atomic E-state index is -4.81. The molecule has 1 aliphatic rings. The molecule has 3 rings (SSSR count). The topological polar surface area (TPSA) is 69.7 Å². The molecule has 2 aromatic carbocycles. The van der Waals surface area contributed by atoms with Gasteiger partial charge < -0.3 is 9.80 Å². The SMILES string of the molecule is CN(C)c1ccc(C(=O)N2CCC(NS(=O)(=O)c3ccc(Br)cc3C(F)(F)F)CC2)cc1. The molecule has 0 saturated carbocycles. The molecule has 0 unspecified atom stereocenters. The minimum absolute atomic E-state index is 0.134. The van der Waals surface area contributed by atoms with Gasteiger partial charge in [-0.3, -0.25) is 4.79 Å². The molecule has 0 aromatic heterocycles. The molecule has 1 N–H and O–H groups in total. The highest BCUT2D eigenvalue weighted by atomic mass is 79.9. The fraction of sp³-hybridized carbons (Fsp3) is 0.381. The Labute approximate surface area is 193 Å². The molecule has 174 valence electrons. The third kappa shape index (κ3) is 5.62. The van der Waals surface area contributed by atoms with Crippen molar-refractivity contribution in [2.24, 2.45) is 0 Å². The molecule has 2 aromatic rings. The lowest BCUT2D eigenvalue weighted by molar-refractivity contribution is -0.139. The number of hydrogen-bond donors (Lipinski definition) is 1. The van der Waals surface area contributed by atoms with Crippen LogP contribution in [-0.2, 0) is 16.2 Å². The van der Waals surface area contributed by atoms with Crippen molar-refractivity contribution >= 4 is 37.5 Å². The number of likely N-dealkylation sites (tertiary alicyclic amines) is 1. The van der Waals surface area contributed by atoms with Crippen LogP contribution in [0.2, 0.25) is 0 Å². The molecule has 6 nitrogen and oxygen atoms in total. The van der Waals surface area contributed by atoms with Gasteiger partial charge in [-0.25, -0.2) is 13.1 Å². The zero-order valence-corrected chi connectivity index (χ0v) is 19.9. The van der Waals surface area contributed by atoms with E-state index in [4.69, 9.17) is 0 Å². The number of alkyl halides is 3. The number of sulfonamides is 1. The first-order valence-corrected chi connectivity index (χ1v) is 12.1. The molecular formula is C21H23BrF3N3O3S. The zero-order chi connectivity index (χ0) is 23.7. The first kappa shape index (κ1) is 24.5. The molecule has 1 saturated heterocycles. The molecule has 0 bridgehead atoms. The van der Waals surface area contributed by atoms with E-state index >= 15 is 0 Å². The van der Waals surface area contributed by atoms with Gasteiger partial charge in [0.15, 0.2) is 0 Å². The van der Waals surface area contributed by atoms with Gasteiger partial charge in [-0.15, -0.1) is 0 Å².